The minimum absolute atomic E-state index is 1.00. The number of aromatic nitrogens is 3. The Bertz CT molecular complexity index is 312. The first-order valence-electron chi connectivity index (χ1n) is 3.28. The third-order valence-electron chi connectivity index (χ3n) is 1.38. The van der Waals surface area contributed by atoms with Gasteiger partial charge in [-0.15, -0.1) is 0 Å². The maximum absolute atomic E-state index is 3.98. The molecule has 3 heteroatoms. The van der Waals surface area contributed by atoms with Crippen LogP contribution in [0.5, 0.6) is 0 Å². The lowest BCUT2D eigenvalue weighted by Gasteiger charge is -1.96. The first-order valence-corrected chi connectivity index (χ1v) is 3.28. The molecule has 3 nitrogen and oxygen atoms in total. The normalized spacial score (nSPS) is 9.82. The second kappa shape index (κ2) is 2.54. The molecule has 0 unspecified atom stereocenters. The molecule has 1 aromatic carbocycles. The molecule has 0 saturated carbocycles. The first kappa shape index (κ1) is 6.09. The van der Waals surface area contributed by atoms with Gasteiger partial charge in [-0.1, -0.05) is 12.1 Å². The zero-order valence-electron chi connectivity index (χ0n) is 5.81. The number of rotatable bonds is 1. The minimum Gasteiger partial charge on any atom is -0.223 e. The van der Waals surface area contributed by atoms with E-state index >= 15 is 0 Å². The second-order valence-corrected chi connectivity index (χ2v) is 2.10. The van der Waals surface area contributed by atoms with Gasteiger partial charge >= 0.3 is 0 Å². The summed E-state index contributed by atoms with van der Waals surface area (Å²) in [5.74, 6) is 0. The predicted molar refractivity (Wildman–Crippen MR) is 40.2 cm³/mol. The summed E-state index contributed by atoms with van der Waals surface area (Å²) < 4.78 is 1.70. The summed E-state index contributed by atoms with van der Waals surface area (Å²) in [7, 11) is 0. The molecule has 1 radical (unpaired) electrons. The van der Waals surface area contributed by atoms with Crippen molar-refractivity contribution in [1.29, 1.82) is 0 Å². The largest absolute Gasteiger partial charge is 0.223 e. The van der Waals surface area contributed by atoms with Gasteiger partial charge in [-0.3, -0.25) is 0 Å². The fraction of sp³-hybridized carbons (Fsp3) is 0. The molecule has 1 aromatic heterocycles. The summed E-state index contributed by atoms with van der Waals surface area (Å²) in [6.07, 6.45) is 3.17. The molecular formula is C8H6N3. The van der Waals surface area contributed by atoms with Crippen LogP contribution in [0, 0.1) is 6.07 Å². The van der Waals surface area contributed by atoms with Crippen LogP contribution >= 0.6 is 0 Å². The van der Waals surface area contributed by atoms with Gasteiger partial charge in [-0.05, 0) is 18.2 Å². The average molecular weight is 144 g/mol. The van der Waals surface area contributed by atoms with Gasteiger partial charge in [0.25, 0.3) is 0 Å². The van der Waals surface area contributed by atoms with Crippen LogP contribution in [0.15, 0.2) is 36.9 Å². The van der Waals surface area contributed by atoms with E-state index in [0.717, 1.165) is 5.69 Å². The zero-order valence-corrected chi connectivity index (χ0v) is 5.81. The van der Waals surface area contributed by atoms with Gasteiger partial charge in [-0.2, -0.15) is 5.10 Å². The number of hydrogen-bond acceptors (Lipinski definition) is 2. The van der Waals surface area contributed by atoms with Gasteiger partial charge < -0.3 is 0 Å². The van der Waals surface area contributed by atoms with E-state index in [1.54, 1.807) is 11.0 Å². The molecule has 2 rings (SSSR count). The standard InChI is InChI=1S/C8H6N3/c1-2-4-8(5-3-1)11-7-9-6-10-11/h2-7H. The van der Waals surface area contributed by atoms with E-state index in [9.17, 15) is 0 Å². The van der Waals surface area contributed by atoms with Crippen molar-refractivity contribution in [3.63, 3.8) is 0 Å². The summed E-state index contributed by atoms with van der Waals surface area (Å²) >= 11 is 0. The molecule has 0 bridgehead atoms. The third-order valence-corrected chi connectivity index (χ3v) is 1.38. The van der Waals surface area contributed by atoms with Crippen molar-refractivity contribution in [2.24, 2.45) is 0 Å². The van der Waals surface area contributed by atoms with Gasteiger partial charge in [0.05, 0.1) is 5.69 Å². The topological polar surface area (TPSA) is 30.7 Å². The van der Waals surface area contributed by atoms with Crippen molar-refractivity contribution < 1.29 is 0 Å². The Labute approximate surface area is 64.3 Å². The monoisotopic (exact) mass is 144 g/mol. The maximum Gasteiger partial charge on any atom is 0.138 e. The van der Waals surface area contributed by atoms with E-state index in [4.69, 9.17) is 0 Å². The van der Waals surface area contributed by atoms with E-state index in [0.29, 0.717) is 0 Å². The summed E-state index contributed by atoms with van der Waals surface area (Å²) in [4.78, 5) is 3.84. The lowest BCUT2D eigenvalue weighted by molar-refractivity contribution is 0.879. The van der Waals surface area contributed by atoms with Gasteiger partial charge in [0.15, 0.2) is 0 Å². The fourth-order valence-corrected chi connectivity index (χ4v) is 0.872. The van der Waals surface area contributed by atoms with Crippen LogP contribution in [0.4, 0.5) is 0 Å². The van der Waals surface area contributed by atoms with Crippen LogP contribution in [0.2, 0.25) is 0 Å². The fourth-order valence-electron chi connectivity index (χ4n) is 0.872. The van der Waals surface area contributed by atoms with Crippen LogP contribution in [0.1, 0.15) is 0 Å². The molecule has 0 aliphatic carbocycles. The molecule has 1 heterocycles. The Balaban J connectivity index is 2.46. The number of benzene rings is 1. The van der Waals surface area contributed by atoms with Crippen molar-refractivity contribution in [1.82, 2.24) is 14.8 Å². The lowest BCUT2D eigenvalue weighted by atomic mass is 10.3. The van der Waals surface area contributed by atoms with Crippen LogP contribution in [-0.2, 0) is 0 Å². The lowest BCUT2D eigenvalue weighted by Crippen LogP contribution is -1.92. The Hall–Kier alpha value is -1.64. The van der Waals surface area contributed by atoms with Crippen molar-refractivity contribution >= 4 is 0 Å². The van der Waals surface area contributed by atoms with Gasteiger partial charge in [-0.25, -0.2) is 9.67 Å². The smallest absolute Gasteiger partial charge is 0.138 e. The van der Waals surface area contributed by atoms with Gasteiger partial charge in [0, 0.05) is 0 Å². The van der Waals surface area contributed by atoms with Crippen LogP contribution < -0.4 is 0 Å². The van der Waals surface area contributed by atoms with Crippen LogP contribution in [0.25, 0.3) is 5.69 Å². The number of nitrogens with zero attached hydrogens (tertiary/aromatic N) is 3. The van der Waals surface area contributed by atoms with Crippen molar-refractivity contribution in [2.45, 2.75) is 0 Å². The van der Waals surface area contributed by atoms with E-state index < -0.39 is 0 Å². The van der Waals surface area contributed by atoms with Crippen molar-refractivity contribution in [3.05, 3.63) is 43.0 Å². The average Bonchev–Trinajstić information content (AvgIpc) is 2.58. The molecule has 53 valence electrons. The molecule has 0 N–H and O–H groups in total. The van der Waals surface area contributed by atoms with Crippen LogP contribution in [0.3, 0.4) is 0 Å². The third kappa shape index (κ3) is 1.12. The first-order chi connectivity index (χ1) is 5.47. The van der Waals surface area contributed by atoms with Gasteiger partial charge in [0.2, 0.25) is 0 Å². The highest BCUT2D eigenvalue weighted by Gasteiger charge is 1.91. The zero-order chi connectivity index (χ0) is 7.52. The van der Waals surface area contributed by atoms with Crippen molar-refractivity contribution in [2.75, 3.05) is 0 Å². The molecule has 0 fully saturated rings. The summed E-state index contributed by atoms with van der Waals surface area (Å²) in [6, 6.07) is 10.5. The molecule has 11 heavy (non-hydrogen) atoms. The predicted octanol–water partition coefficient (Wildman–Crippen LogP) is 1.07. The van der Waals surface area contributed by atoms with Gasteiger partial charge in [0.1, 0.15) is 12.7 Å². The van der Waals surface area contributed by atoms with E-state index in [1.165, 1.54) is 6.33 Å². The number of hydrogen-bond donors (Lipinski definition) is 0. The molecule has 0 amide bonds. The molecule has 0 aliphatic rings. The second-order valence-electron chi connectivity index (χ2n) is 2.10. The Kier molecular flexibility index (Phi) is 1.41. The Morgan fingerprint density at radius 2 is 2.09 bits per heavy atom. The SMILES string of the molecule is [c]1ccc(-n2cncn2)cc1. The molecule has 0 aliphatic heterocycles. The highest BCUT2D eigenvalue weighted by Crippen LogP contribution is 2.01. The summed E-state index contributed by atoms with van der Waals surface area (Å²) in [5.41, 5.74) is 1.00. The minimum atomic E-state index is 1.00. The van der Waals surface area contributed by atoms with E-state index in [2.05, 4.69) is 16.1 Å². The molecule has 0 atom stereocenters. The summed E-state index contributed by atoms with van der Waals surface area (Å²) in [6.45, 7) is 0. The Morgan fingerprint density at radius 1 is 1.27 bits per heavy atom. The maximum atomic E-state index is 3.98. The van der Waals surface area contributed by atoms with Crippen molar-refractivity contribution in [3.8, 4) is 5.69 Å². The molecular weight excluding hydrogens is 138 g/mol. The highest BCUT2D eigenvalue weighted by atomic mass is 15.3. The highest BCUT2D eigenvalue weighted by molar-refractivity contribution is 5.28. The quantitative estimate of drug-likeness (QED) is 0.599. The Morgan fingerprint density at radius 3 is 2.73 bits per heavy atom. The molecule has 0 saturated heterocycles. The van der Waals surface area contributed by atoms with E-state index in [1.807, 2.05) is 24.3 Å². The van der Waals surface area contributed by atoms with E-state index in [-0.39, 0.29) is 0 Å². The van der Waals surface area contributed by atoms with Crippen LogP contribution in [-0.4, -0.2) is 14.8 Å². The summed E-state index contributed by atoms with van der Waals surface area (Å²) in [5, 5.41) is 3.98. The molecule has 0 spiro atoms. The molecule has 2 aromatic rings.